The van der Waals surface area contributed by atoms with Crippen molar-refractivity contribution in [2.45, 2.75) is 26.8 Å². The number of hydrogen-bond donors (Lipinski definition) is 1. The van der Waals surface area contributed by atoms with Gasteiger partial charge in [-0.05, 0) is 25.5 Å². The van der Waals surface area contributed by atoms with Gasteiger partial charge in [0.15, 0.2) is 0 Å². The molecule has 0 bridgehead atoms. The Kier molecular flexibility index (Phi) is 3.87. The van der Waals surface area contributed by atoms with Crippen LogP contribution in [0.2, 0.25) is 0 Å². The third-order valence-electron chi connectivity index (χ3n) is 2.68. The van der Waals surface area contributed by atoms with Crippen LogP contribution in [-0.4, -0.2) is 16.4 Å². The molecule has 1 aromatic carbocycles. The van der Waals surface area contributed by atoms with Crippen molar-refractivity contribution in [1.82, 2.24) is 9.78 Å². The van der Waals surface area contributed by atoms with Crippen LogP contribution in [0.5, 0.6) is 5.75 Å². The number of nitrogens with zero attached hydrogens (tertiary/aromatic N) is 2. The first-order valence-corrected chi connectivity index (χ1v) is 6.31. The third-order valence-corrected chi connectivity index (χ3v) is 2.68. The van der Waals surface area contributed by atoms with Crippen LogP contribution in [0, 0.1) is 0 Å². The Morgan fingerprint density at radius 2 is 2.06 bits per heavy atom. The van der Waals surface area contributed by atoms with Crippen LogP contribution in [0.4, 0.5) is 5.69 Å². The molecule has 2 N–H and O–H groups in total. The van der Waals surface area contributed by atoms with Crippen molar-refractivity contribution in [2.75, 3.05) is 12.3 Å². The number of para-hydroxylation sites is 1. The second kappa shape index (κ2) is 5.58. The number of hydrogen-bond acceptors (Lipinski definition) is 3. The average molecular weight is 245 g/mol. The van der Waals surface area contributed by atoms with E-state index in [2.05, 4.69) is 12.0 Å². The molecule has 0 saturated carbocycles. The maximum Gasteiger partial charge on any atom is 0.128 e. The Morgan fingerprint density at radius 3 is 2.78 bits per heavy atom. The van der Waals surface area contributed by atoms with E-state index < -0.39 is 0 Å². The lowest BCUT2D eigenvalue weighted by Gasteiger charge is -2.08. The van der Waals surface area contributed by atoms with Gasteiger partial charge in [-0.3, -0.25) is 4.68 Å². The van der Waals surface area contributed by atoms with Crippen LogP contribution in [0.15, 0.2) is 30.5 Å². The Hall–Kier alpha value is -1.97. The molecule has 0 spiro atoms. The van der Waals surface area contributed by atoms with Crippen LogP contribution in [-0.2, 0) is 6.54 Å². The highest BCUT2D eigenvalue weighted by Gasteiger charge is 2.12. The highest BCUT2D eigenvalue weighted by molar-refractivity contribution is 5.76. The summed E-state index contributed by atoms with van der Waals surface area (Å²) in [5.41, 5.74) is 8.47. The van der Waals surface area contributed by atoms with E-state index in [0.717, 1.165) is 30.0 Å². The van der Waals surface area contributed by atoms with Gasteiger partial charge in [-0.25, -0.2) is 0 Å². The normalized spacial score (nSPS) is 10.6. The summed E-state index contributed by atoms with van der Waals surface area (Å²) < 4.78 is 7.49. The first-order chi connectivity index (χ1) is 8.76. The zero-order chi connectivity index (χ0) is 13.0. The van der Waals surface area contributed by atoms with Crippen LogP contribution in [0.3, 0.4) is 0 Å². The number of ether oxygens (including phenoxy) is 1. The zero-order valence-electron chi connectivity index (χ0n) is 10.9. The molecule has 0 fully saturated rings. The summed E-state index contributed by atoms with van der Waals surface area (Å²) in [6.07, 6.45) is 2.91. The second-order valence-corrected chi connectivity index (χ2v) is 4.13. The zero-order valence-corrected chi connectivity index (χ0v) is 10.9. The number of aryl methyl sites for hydroxylation is 1. The van der Waals surface area contributed by atoms with E-state index >= 15 is 0 Å². The number of nitrogens with two attached hydrogens (primary N) is 1. The van der Waals surface area contributed by atoms with Crippen molar-refractivity contribution in [3.05, 3.63) is 30.5 Å². The lowest BCUT2D eigenvalue weighted by molar-refractivity contribution is 0.341. The Bertz CT molecular complexity index is 520. The monoisotopic (exact) mass is 245 g/mol. The number of aromatic nitrogens is 2. The highest BCUT2D eigenvalue weighted by atomic mass is 16.5. The molecule has 2 rings (SSSR count). The maximum atomic E-state index is 6.03. The van der Waals surface area contributed by atoms with E-state index in [-0.39, 0.29) is 0 Å². The fourth-order valence-corrected chi connectivity index (χ4v) is 1.93. The summed E-state index contributed by atoms with van der Waals surface area (Å²) in [7, 11) is 0. The quantitative estimate of drug-likeness (QED) is 0.881. The predicted octanol–water partition coefficient (Wildman–Crippen LogP) is 2.94. The molecular weight excluding hydrogens is 226 g/mol. The van der Waals surface area contributed by atoms with Gasteiger partial charge in [0.2, 0.25) is 0 Å². The number of rotatable bonds is 5. The molecular formula is C14H19N3O. The third kappa shape index (κ3) is 2.47. The van der Waals surface area contributed by atoms with E-state index in [0.29, 0.717) is 12.3 Å². The van der Waals surface area contributed by atoms with Crippen molar-refractivity contribution in [3.63, 3.8) is 0 Å². The molecule has 4 heteroatoms. The summed E-state index contributed by atoms with van der Waals surface area (Å²) in [6, 6.07) is 7.85. The molecule has 96 valence electrons. The van der Waals surface area contributed by atoms with Gasteiger partial charge < -0.3 is 10.5 Å². The average Bonchev–Trinajstić information content (AvgIpc) is 2.72. The largest absolute Gasteiger partial charge is 0.493 e. The summed E-state index contributed by atoms with van der Waals surface area (Å²) in [5, 5.41) is 4.52. The van der Waals surface area contributed by atoms with Crippen molar-refractivity contribution >= 4 is 5.69 Å². The van der Waals surface area contributed by atoms with Crippen molar-refractivity contribution in [2.24, 2.45) is 0 Å². The molecule has 4 nitrogen and oxygen atoms in total. The number of benzene rings is 1. The standard InChI is InChI=1S/C14H19N3O/c1-3-9-17-10-12(15)14(16-17)11-7-5-6-8-13(11)18-4-2/h5-8,10H,3-4,9,15H2,1-2H3. The van der Waals surface area contributed by atoms with E-state index in [1.165, 1.54) is 0 Å². The van der Waals surface area contributed by atoms with Crippen LogP contribution in [0.1, 0.15) is 20.3 Å². The Balaban J connectivity index is 2.41. The maximum absolute atomic E-state index is 6.03. The molecule has 1 aromatic heterocycles. The molecule has 0 radical (unpaired) electrons. The van der Waals surface area contributed by atoms with E-state index in [4.69, 9.17) is 10.5 Å². The molecule has 18 heavy (non-hydrogen) atoms. The molecule has 2 aromatic rings. The van der Waals surface area contributed by atoms with Gasteiger partial charge in [-0.15, -0.1) is 0 Å². The van der Waals surface area contributed by atoms with E-state index in [9.17, 15) is 0 Å². The summed E-state index contributed by atoms with van der Waals surface area (Å²) in [5.74, 6) is 0.827. The minimum Gasteiger partial charge on any atom is -0.493 e. The van der Waals surface area contributed by atoms with Crippen molar-refractivity contribution in [1.29, 1.82) is 0 Å². The van der Waals surface area contributed by atoms with E-state index in [1.54, 1.807) is 0 Å². The first kappa shape index (κ1) is 12.5. The van der Waals surface area contributed by atoms with Gasteiger partial charge in [-0.1, -0.05) is 19.1 Å². The lowest BCUT2D eigenvalue weighted by atomic mass is 10.1. The molecule has 0 aliphatic carbocycles. The van der Waals surface area contributed by atoms with Gasteiger partial charge in [0.1, 0.15) is 11.4 Å². The fourth-order valence-electron chi connectivity index (χ4n) is 1.93. The Labute approximate surface area is 107 Å². The number of anilines is 1. The minimum absolute atomic E-state index is 0.632. The van der Waals surface area contributed by atoms with Gasteiger partial charge in [0.25, 0.3) is 0 Å². The second-order valence-electron chi connectivity index (χ2n) is 4.13. The summed E-state index contributed by atoms with van der Waals surface area (Å²) in [6.45, 7) is 5.59. The molecule has 0 saturated heterocycles. The van der Waals surface area contributed by atoms with Crippen LogP contribution < -0.4 is 10.5 Å². The Morgan fingerprint density at radius 1 is 1.28 bits per heavy atom. The highest BCUT2D eigenvalue weighted by Crippen LogP contribution is 2.32. The van der Waals surface area contributed by atoms with Gasteiger partial charge in [0, 0.05) is 18.3 Å². The lowest BCUT2D eigenvalue weighted by Crippen LogP contribution is -1.98. The van der Waals surface area contributed by atoms with Gasteiger partial charge in [-0.2, -0.15) is 5.10 Å². The molecule has 0 amide bonds. The molecule has 0 aliphatic rings. The summed E-state index contributed by atoms with van der Waals surface area (Å²) in [4.78, 5) is 0. The SMILES string of the molecule is CCCn1cc(N)c(-c2ccccc2OCC)n1. The van der Waals surface area contributed by atoms with Gasteiger partial charge in [0.05, 0.1) is 12.3 Å². The minimum atomic E-state index is 0.632. The smallest absolute Gasteiger partial charge is 0.128 e. The van der Waals surface area contributed by atoms with E-state index in [1.807, 2.05) is 42.1 Å². The molecule has 0 aliphatic heterocycles. The van der Waals surface area contributed by atoms with Crippen molar-refractivity contribution in [3.8, 4) is 17.0 Å². The number of nitrogen functional groups attached to an aromatic ring is 1. The molecule has 0 atom stereocenters. The van der Waals surface area contributed by atoms with Gasteiger partial charge >= 0.3 is 0 Å². The van der Waals surface area contributed by atoms with Crippen LogP contribution in [0.25, 0.3) is 11.3 Å². The first-order valence-electron chi connectivity index (χ1n) is 6.31. The predicted molar refractivity (Wildman–Crippen MR) is 73.5 cm³/mol. The van der Waals surface area contributed by atoms with Crippen molar-refractivity contribution < 1.29 is 4.74 Å². The van der Waals surface area contributed by atoms with Crippen LogP contribution >= 0.6 is 0 Å². The molecule has 0 unspecified atom stereocenters. The summed E-state index contributed by atoms with van der Waals surface area (Å²) >= 11 is 0. The topological polar surface area (TPSA) is 53.1 Å². The fraction of sp³-hybridized carbons (Fsp3) is 0.357. The molecule has 1 heterocycles.